The van der Waals surface area contributed by atoms with Crippen molar-refractivity contribution >= 4 is 21.6 Å². The van der Waals surface area contributed by atoms with Crippen LogP contribution in [-0.4, -0.2) is 20.3 Å². The third kappa shape index (κ3) is 4.26. The van der Waals surface area contributed by atoms with E-state index < -0.39 is 15.8 Å². The van der Waals surface area contributed by atoms with Crippen LogP contribution in [0, 0.1) is 11.7 Å². The molecule has 1 atom stereocenters. The number of alkyl halides is 1. The summed E-state index contributed by atoms with van der Waals surface area (Å²) in [7, 11) is -3.69. The fraction of sp³-hybridized carbons (Fsp3) is 0.455. The van der Waals surface area contributed by atoms with Crippen molar-refractivity contribution in [2.75, 3.05) is 6.54 Å². The summed E-state index contributed by atoms with van der Waals surface area (Å²) in [6, 6.07) is 4.85. The van der Waals surface area contributed by atoms with E-state index in [1.54, 1.807) is 0 Å². The van der Waals surface area contributed by atoms with Crippen LogP contribution in [0.15, 0.2) is 29.2 Å². The van der Waals surface area contributed by atoms with E-state index in [-0.39, 0.29) is 22.7 Å². The van der Waals surface area contributed by atoms with Crippen LogP contribution in [0.1, 0.15) is 13.8 Å². The highest BCUT2D eigenvalue weighted by Gasteiger charge is 2.17. The minimum Gasteiger partial charge on any atom is -0.210 e. The number of rotatable bonds is 5. The molecule has 0 bridgehead atoms. The molecule has 1 N–H and O–H groups in total. The maximum Gasteiger partial charge on any atom is 0.240 e. The summed E-state index contributed by atoms with van der Waals surface area (Å²) in [5.41, 5.74) is 0. The molecular formula is C11H15ClFNO2S. The predicted molar refractivity (Wildman–Crippen MR) is 66.1 cm³/mol. The molecular weight excluding hydrogens is 265 g/mol. The average Bonchev–Trinajstić information content (AvgIpc) is 2.26. The summed E-state index contributed by atoms with van der Waals surface area (Å²) in [5, 5.41) is -0.293. The van der Waals surface area contributed by atoms with Gasteiger partial charge in [0.05, 0.1) is 4.90 Å². The maximum absolute atomic E-state index is 12.9. The van der Waals surface area contributed by atoms with Gasteiger partial charge in [-0.15, -0.1) is 11.6 Å². The lowest BCUT2D eigenvalue weighted by Gasteiger charge is -2.14. The minimum absolute atomic E-state index is 0.0925. The summed E-state index contributed by atoms with van der Waals surface area (Å²) >= 11 is 5.94. The topological polar surface area (TPSA) is 46.2 Å². The van der Waals surface area contributed by atoms with Gasteiger partial charge in [-0.1, -0.05) is 19.9 Å². The van der Waals surface area contributed by atoms with Gasteiger partial charge in [0.15, 0.2) is 0 Å². The molecule has 0 saturated carbocycles. The Kier molecular flexibility index (Phi) is 4.91. The van der Waals surface area contributed by atoms with Crippen molar-refractivity contribution in [3.63, 3.8) is 0 Å². The second kappa shape index (κ2) is 5.80. The molecule has 6 heteroatoms. The van der Waals surface area contributed by atoms with Crippen LogP contribution in [0.4, 0.5) is 4.39 Å². The maximum atomic E-state index is 12.9. The minimum atomic E-state index is -3.69. The number of halogens is 2. The van der Waals surface area contributed by atoms with E-state index in [1.165, 1.54) is 18.2 Å². The Morgan fingerprint density at radius 2 is 2.06 bits per heavy atom. The zero-order chi connectivity index (χ0) is 13.1. The molecule has 1 aromatic rings. The highest BCUT2D eigenvalue weighted by atomic mass is 35.5. The molecule has 1 unspecified atom stereocenters. The predicted octanol–water partition coefficient (Wildman–Crippen LogP) is 2.37. The Labute approximate surface area is 106 Å². The quantitative estimate of drug-likeness (QED) is 0.841. The average molecular weight is 280 g/mol. The van der Waals surface area contributed by atoms with Gasteiger partial charge in [-0.2, -0.15) is 0 Å². The van der Waals surface area contributed by atoms with Gasteiger partial charge in [0, 0.05) is 11.9 Å². The summed E-state index contributed by atoms with van der Waals surface area (Å²) in [4.78, 5) is -0.0925. The second-order valence-corrected chi connectivity index (χ2v) is 6.40. The smallest absolute Gasteiger partial charge is 0.210 e. The first-order valence-corrected chi connectivity index (χ1v) is 7.14. The Morgan fingerprint density at radius 1 is 1.41 bits per heavy atom. The lowest BCUT2D eigenvalue weighted by Crippen LogP contribution is -2.32. The van der Waals surface area contributed by atoms with E-state index in [0.29, 0.717) is 0 Å². The third-order valence-corrected chi connectivity index (χ3v) is 4.38. The third-order valence-electron chi connectivity index (χ3n) is 2.30. The van der Waals surface area contributed by atoms with Gasteiger partial charge in [-0.25, -0.2) is 17.5 Å². The van der Waals surface area contributed by atoms with E-state index in [0.717, 1.165) is 6.07 Å². The van der Waals surface area contributed by atoms with Crippen molar-refractivity contribution in [1.29, 1.82) is 0 Å². The van der Waals surface area contributed by atoms with Crippen LogP contribution in [0.25, 0.3) is 0 Å². The van der Waals surface area contributed by atoms with Crippen molar-refractivity contribution in [2.45, 2.75) is 24.1 Å². The number of sulfonamides is 1. The number of hydrogen-bond donors (Lipinski definition) is 1. The van der Waals surface area contributed by atoms with E-state index in [1.807, 2.05) is 13.8 Å². The van der Waals surface area contributed by atoms with Crippen LogP contribution in [0.3, 0.4) is 0 Å². The molecule has 0 radical (unpaired) electrons. The molecule has 0 aromatic heterocycles. The molecule has 0 spiro atoms. The van der Waals surface area contributed by atoms with Crippen molar-refractivity contribution < 1.29 is 12.8 Å². The first kappa shape index (κ1) is 14.4. The molecule has 0 aliphatic carbocycles. The highest BCUT2D eigenvalue weighted by Crippen LogP contribution is 2.12. The van der Waals surface area contributed by atoms with E-state index in [4.69, 9.17) is 11.6 Å². The molecule has 0 aliphatic heterocycles. The van der Waals surface area contributed by atoms with Gasteiger partial charge in [0.1, 0.15) is 5.82 Å². The van der Waals surface area contributed by atoms with Gasteiger partial charge in [0.25, 0.3) is 0 Å². The monoisotopic (exact) mass is 279 g/mol. The first-order chi connectivity index (χ1) is 7.83. The highest BCUT2D eigenvalue weighted by molar-refractivity contribution is 7.89. The molecule has 96 valence electrons. The van der Waals surface area contributed by atoms with Crippen LogP contribution < -0.4 is 4.72 Å². The first-order valence-electron chi connectivity index (χ1n) is 5.22. The number of hydrogen-bond acceptors (Lipinski definition) is 2. The Balaban J connectivity index is 2.76. The van der Waals surface area contributed by atoms with Gasteiger partial charge < -0.3 is 0 Å². The van der Waals surface area contributed by atoms with Gasteiger partial charge >= 0.3 is 0 Å². The van der Waals surface area contributed by atoms with Crippen LogP contribution in [-0.2, 0) is 10.0 Å². The lowest BCUT2D eigenvalue weighted by atomic mass is 10.1. The lowest BCUT2D eigenvalue weighted by molar-refractivity contribution is 0.554. The van der Waals surface area contributed by atoms with E-state index >= 15 is 0 Å². The van der Waals surface area contributed by atoms with Gasteiger partial charge in [-0.05, 0) is 24.1 Å². The van der Waals surface area contributed by atoms with E-state index in [2.05, 4.69) is 4.72 Å². The molecule has 3 nitrogen and oxygen atoms in total. The molecule has 0 amide bonds. The second-order valence-electron chi connectivity index (χ2n) is 4.07. The summed E-state index contributed by atoms with van der Waals surface area (Å²) < 4.78 is 38.8. The van der Waals surface area contributed by atoms with Crippen molar-refractivity contribution in [3.8, 4) is 0 Å². The molecule has 0 heterocycles. The molecule has 0 fully saturated rings. The summed E-state index contributed by atoms with van der Waals surface area (Å²) in [6.07, 6.45) is 0. The Hall–Kier alpha value is -0.650. The Morgan fingerprint density at radius 3 is 2.59 bits per heavy atom. The fourth-order valence-electron chi connectivity index (χ4n) is 1.14. The van der Waals surface area contributed by atoms with E-state index in [9.17, 15) is 12.8 Å². The largest absolute Gasteiger partial charge is 0.240 e. The fourth-order valence-corrected chi connectivity index (χ4v) is 2.40. The van der Waals surface area contributed by atoms with Crippen molar-refractivity contribution in [2.24, 2.45) is 5.92 Å². The van der Waals surface area contributed by atoms with Crippen LogP contribution >= 0.6 is 11.6 Å². The normalized spacial score (nSPS) is 13.9. The standard InChI is InChI=1S/C11H15ClFNO2S/c1-8(2)11(12)7-14-17(15,16)10-5-3-4-9(13)6-10/h3-6,8,11,14H,7H2,1-2H3. The molecule has 0 aliphatic rings. The number of nitrogens with one attached hydrogen (secondary N) is 1. The van der Waals surface area contributed by atoms with Crippen LogP contribution in [0.5, 0.6) is 0 Å². The Bertz CT molecular complexity index is 476. The van der Waals surface area contributed by atoms with Gasteiger partial charge in [-0.3, -0.25) is 0 Å². The molecule has 17 heavy (non-hydrogen) atoms. The summed E-state index contributed by atoms with van der Waals surface area (Å²) in [6.45, 7) is 3.92. The molecule has 0 saturated heterocycles. The number of benzene rings is 1. The van der Waals surface area contributed by atoms with Crippen LogP contribution in [0.2, 0.25) is 0 Å². The van der Waals surface area contributed by atoms with Crippen molar-refractivity contribution in [3.05, 3.63) is 30.1 Å². The SMILES string of the molecule is CC(C)C(Cl)CNS(=O)(=O)c1cccc(F)c1. The van der Waals surface area contributed by atoms with Gasteiger partial charge in [0.2, 0.25) is 10.0 Å². The van der Waals surface area contributed by atoms with Crippen molar-refractivity contribution in [1.82, 2.24) is 4.72 Å². The summed E-state index contributed by atoms with van der Waals surface area (Å²) in [5.74, 6) is -0.425. The zero-order valence-corrected chi connectivity index (χ0v) is 11.2. The zero-order valence-electron chi connectivity index (χ0n) is 9.65. The molecule has 1 aromatic carbocycles. The molecule has 1 rings (SSSR count).